The summed E-state index contributed by atoms with van der Waals surface area (Å²) in [6.07, 6.45) is 1.67. The number of hydrogen-bond donors (Lipinski definition) is 0. The van der Waals surface area contributed by atoms with Crippen LogP contribution in [0.15, 0.2) is 42.5 Å². The van der Waals surface area contributed by atoms with Gasteiger partial charge in [-0.25, -0.2) is 0 Å². The first-order valence-corrected chi connectivity index (χ1v) is 6.13. The molecule has 0 amide bonds. The summed E-state index contributed by atoms with van der Waals surface area (Å²) < 4.78 is 5.71. The lowest BCUT2D eigenvalue weighted by Gasteiger charge is -2.10. The maximum Gasteiger partial charge on any atom is 0.156 e. The minimum atomic E-state index is 0.405. The number of aryl methyl sites for hydroxylation is 1. The summed E-state index contributed by atoms with van der Waals surface area (Å²) in [5.74, 6) is 1.09. The molecular weight excluding hydrogens is 248 g/mol. The van der Waals surface area contributed by atoms with E-state index in [2.05, 4.69) is 6.92 Å². The number of carbonyl (C=O) groups excluding carboxylic acids is 1. The van der Waals surface area contributed by atoms with Gasteiger partial charge in [-0.15, -0.1) is 0 Å². The summed E-state index contributed by atoms with van der Waals surface area (Å²) >= 11 is 6.05. The van der Waals surface area contributed by atoms with Crippen molar-refractivity contribution >= 4 is 17.9 Å². The number of aldehydes is 1. The molecule has 0 aromatic heterocycles. The Bertz CT molecular complexity index is 564. The van der Waals surface area contributed by atoms with Crippen LogP contribution in [0.4, 0.5) is 0 Å². The Morgan fingerprint density at radius 2 is 2.00 bits per heavy atom. The molecule has 0 spiro atoms. The predicted octanol–water partition coefficient (Wildman–Crippen LogP) is 4.51. The summed E-state index contributed by atoms with van der Waals surface area (Å²) in [5, 5.41) is 0.432. The fourth-order valence-corrected chi connectivity index (χ4v) is 1.89. The largest absolute Gasteiger partial charge is 0.455 e. The van der Waals surface area contributed by atoms with E-state index in [1.807, 2.05) is 24.3 Å². The highest BCUT2D eigenvalue weighted by molar-refractivity contribution is 6.32. The van der Waals surface area contributed by atoms with Crippen molar-refractivity contribution in [1.82, 2.24) is 0 Å². The Kier molecular flexibility index (Phi) is 4.00. The van der Waals surface area contributed by atoms with Crippen LogP contribution >= 0.6 is 11.6 Å². The van der Waals surface area contributed by atoms with E-state index in [4.69, 9.17) is 16.3 Å². The van der Waals surface area contributed by atoms with Crippen molar-refractivity contribution in [3.05, 3.63) is 58.6 Å². The Labute approximate surface area is 111 Å². The number of halogens is 1. The van der Waals surface area contributed by atoms with Crippen molar-refractivity contribution in [3.8, 4) is 11.5 Å². The number of rotatable bonds is 4. The highest BCUT2D eigenvalue weighted by Gasteiger charge is 2.09. The molecule has 0 saturated carbocycles. The molecule has 92 valence electrons. The third kappa shape index (κ3) is 2.71. The third-order valence-electron chi connectivity index (χ3n) is 2.65. The van der Waals surface area contributed by atoms with Crippen LogP contribution in [-0.2, 0) is 6.42 Å². The van der Waals surface area contributed by atoms with Gasteiger partial charge in [0.15, 0.2) is 12.0 Å². The van der Waals surface area contributed by atoms with E-state index in [9.17, 15) is 4.79 Å². The molecule has 2 aromatic carbocycles. The van der Waals surface area contributed by atoms with E-state index in [0.29, 0.717) is 22.1 Å². The third-order valence-corrected chi connectivity index (χ3v) is 2.95. The normalized spacial score (nSPS) is 10.1. The van der Waals surface area contributed by atoms with Gasteiger partial charge >= 0.3 is 0 Å². The van der Waals surface area contributed by atoms with E-state index < -0.39 is 0 Å². The standard InChI is InChI=1S/C15H13ClO2/c1-2-11-5-3-7-13(9-11)18-15-12(10-17)6-4-8-14(15)16/h3-10H,2H2,1H3. The van der Waals surface area contributed by atoms with Gasteiger partial charge in [-0.1, -0.05) is 36.7 Å². The van der Waals surface area contributed by atoms with Crippen molar-refractivity contribution in [2.75, 3.05) is 0 Å². The van der Waals surface area contributed by atoms with Crippen LogP contribution in [-0.4, -0.2) is 6.29 Å². The lowest BCUT2D eigenvalue weighted by molar-refractivity contribution is 0.112. The predicted molar refractivity (Wildman–Crippen MR) is 72.7 cm³/mol. The second-order valence-corrected chi connectivity index (χ2v) is 4.29. The van der Waals surface area contributed by atoms with Crippen LogP contribution in [0.3, 0.4) is 0 Å². The van der Waals surface area contributed by atoms with Crippen LogP contribution in [0.5, 0.6) is 11.5 Å². The maximum atomic E-state index is 11.0. The molecule has 0 heterocycles. The van der Waals surface area contributed by atoms with Gasteiger partial charge in [0.1, 0.15) is 5.75 Å². The molecule has 0 aliphatic rings. The van der Waals surface area contributed by atoms with E-state index >= 15 is 0 Å². The van der Waals surface area contributed by atoms with Gasteiger partial charge in [-0.2, -0.15) is 0 Å². The topological polar surface area (TPSA) is 26.3 Å². The van der Waals surface area contributed by atoms with E-state index in [-0.39, 0.29) is 0 Å². The number of hydrogen-bond acceptors (Lipinski definition) is 2. The fourth-order valence-electron chi connectivity index (χ4n) is 1.67. The molecule has 0 bridgehead atoms. The fraction of sp³-hybridized carbons (Fsp3) is 0.133. The lowest BCUT2D eigenvalue weighted by atomic mass is 10.1. The molecular formula is C15H13ClO2. The van der Waals surface area contributed by atoms with Crippen LogP contribution in [0, 0.1) is 0 Å². The highest BCUT2D eigenvalue weighted by atomic mass is 35.5. The summed E-state index contributed by atoms with van der Waals surface area (Å²) in [7, 11) is 0. The zero-order valence-corrected chi connectivity index (χ0v) is 10.8. The first-order chi connectivity index (χ1) is 8.74. The maximum absolute atomic E-state index is 11.0. The molecule has 0 aliphatic carbocycles. The lowest BCUT2D eigenvalue weighted by Crippen LogP contribution is -1.92. The van der Waals surface area contributed by atoms with Gasteiger partial charge in [-0.05, 0) is 36.2 Å². The Balaban J connectivity index is 2.36. The first kappa shape index (κ1) is 12.7. The van der Waals surface area contributed by atoms with Crippen LogP contribution in [0.25, 0.3) is 0 Å². The summed E-state index contributed by atoms with van der Waals surface area (Å²) in [6, 6.07) is 12.8. The van der Waals surface area contributed by atoms with Crippen molar-refractivity contribution in [2.24, 2.45) is 0 Å². The van der Waals surface area contributed by atoms with Crippen LogP contribution < -0.4 is 4.74 Å². The monoisotopic (exact) mass is 260 g/mol. The molecule has 18 heavy (non-hydrogen) atoms. The molecule has 2 nitrogen and oxygen atoms in total. The molecule has 0 N–H and O–H groups in total. The molecule has 3 heteroatoms. The van der Waals surface area contributed by atoms with Crippen molar-refractivity contribution in [3.63, 3.8) is 0 Å². The molecule has 0 aliphatic heterocycles. The van der Waals surface area contributed by atoms with E-state index in [0.717, 1.165) is 12.7 Å². The molecule has 0 radical (unpaired) electrons. The van der Waals surface area contributed by atoms with Gasteiger partial charge in [0.2, 0.25) is 0 Å². The molecule has 0 fully saturated rings. The summed E-state index contributed by atoms with van der Waals surface area (Å²) in [5.41, 5.74) is 1.62. The number of carbonyl (C=O) groups is 1. The zero-order chi connectivity index (χ0) is 13.0. The minimum Gasteiger partial charge on any atom is -0.455 e. The average Bonchev–Trinajstić information content (AvgIpc) is 2.41. The van der Waals surface area contributed by atoms with Gasteiger partial charge < -0.3 is 4.74 Å². The van der Waals surface area contributed by atoms with Crippen molar-refractivity contribution < 1.29 is 9.53 Å². The second-order valence-electron chi connectivity index (χ2n) is 3.88. The molecule has 0 unspecified atom stereocenters. The summed E-state index contributed by atoms with van der Waals surface area (Å²) in [4.78, 5) is 11.0. The van der Waals surface area contributed by atoms with E-state index in [1.165, 1.54) is 5.56 Å². The van der Waals surface area contributed by atoms with Crippen molar-refractivity contribution in [1.29, 1.82) is 0 Å². The molecule has 0 saturated heterocycles. The number of ether oxygens (including phenoxy) is 1. The van der Waals surface area contributed by atoms with E-state index in [1.54, 1.807) is 18.2 Å². The number of benzene rings is 2. The zero-order valence-electron chi connectivity index (χ0n) is 10.0. The van der Waals surface area contributed by atoms with Gasteiger partial charge in [0.05, 0.1) is 10.6 Å². The average molecular weight is 261 g/mol. The highest BCUT2D eigenvalue weighted by Crippen LogP contribution is 2.32. The Hall–Kier alpha value is -1.80. The SMILES string of the molecule is CCc1cccc(Oc2c(Cl)cccc2C=O)c1. The van der Waals surface area contributed by atoms with Gasteiger partial charge in [0.25, 0.3) is 0 Å². The Morgan fingerprint density at radius 3 is 2.72 bits per heavy atom. The second kappa shape index (κ2) is 5.69. The molecule has 2 rings (SSSR count). The van der Waals surface area contributed by atoms with Crippen LogP contribution in [0.2, 0.25) is 5.02 Å². The van der Waals surface area contributed by atoms with Gasteiger partial charge in [0, 0.05) is 0 Å². The summed E-state index contributed by atoms with van der Waals surface area (Å²) in [6.45, 7) is 2.07. The number of para-hydroxylation sites is 1. The Morgan fingerprint density at radius 1 is 1.22 bits per heavy atom. The van der Waals surface area contributed by atoms with Crippen LogP contribution in [0.1, 0.15) is 22.8 Å². The van der Waals surface area contributed by atoms with Gasteiger partial charge in [-0.3, -0.25) is 4.79 Å². The molecule has 0 atom stereocenters. The quantitative estimate of drug-likeness (QED) is 0.756. The first-order valence-electron chi connectivity index (χ1n) is 5.75. The molecule has 2 aromatic rings. The van der Waals surface area contributed by atoms with Crippen molar-refractivity contribution in [2.45, 2.75) is 13.3 Å². The smallest absolute Gasteiger partial charge is 0.156 e. The minimum absolute atomic E-state index is 0.405.